The van der Waals surface area contributed by atoms with Gasteiger partial charge in [0.05, 0.1) is 5.75 Å². The average Bonchev–Trinajstić information content (AvgIpc) is 2.66. The van der Waals surface area contributed by atoms with E-state index in [1.807, 2.05) is 32.2 Å². The van der Waals surface area contributed by atoms with Crippen LogP contribution in [0.3, 0.4) is 0 Å². The van der Waals surface area contributed by atoms with E-state index in [0.717, 1.165) is 33.2 Å². The normalized spacial score (nSPS) is 10.7. The second-order valence-electron chi connectivity index (χ2n) is 4.06. The standard InChI is InChI=1S/C12H12BrN3O2S/c1-7-3-8(5-9(13)4-7)11-14-15-12(16(11)2)19-6-10(17)18/h3-5H,6H2,1-2H3,(H,17,18). The lowest BCUT2D eigenvalue weighted by molar-refractivity contribution is -0.133. The highest BCUT2D eigenvalue weighted by atomic mass is 79.9. The van der Waals surface area contributed by atoms with Gasteiger partial charge in [0.15, 0.2) is 11.0 Å². The number of hydrogen-bond acceptors (Lipinski definition) is 4. The summed E-state index contributed by atoms with van der Waals surface area (Å²) in [5, 5.41) is 17.4. The van der Waals surface area contributed by atoms with E-state index in [1.165, 1.54) is 0 Å². The molecule has 2 aromatic rings. The first-order valence-corrected chi connectivity index (χ1v) is 7.27. The lowest BCUT2D eigenvalue weighted by atomic mass is 10.1. The van der Waals surface area contributed by atoms with Gasteiger partial charge in [-0.3, -0.25) is 4.79 Å². The molecule has 0 aliphatic rings. The molecule has 100 valence electrons. The quantitative estimate of drug-likeness (QED) is 0.866. The Bertz CT molecular complexity index is 607. The number of carboxylic acid groups (broad SMARTS) is 1. The molecule has 5 nitrogen and oxygen atoms in total. The topological polar surface area (TPSA) is 68.0 Å². The summed E-state index contributed by atoms with van der Waals surface area (Å²) in [5.74, 6) is -0.172. The largest absolute Gasteiger partial charge is 0.481 e. The average molecular weight is 342 g/mol. The Balaban J connectivity index is 2.33. The fourth-order valence-electron chi connectivity index (χ4n) is 1.68. The van der Waals surface area contributed by atoms with Crippen molar-refractivity contribution in [2.24, 2.45) is 7.05 Å². The number of carboxylic acids is 1. The fourth-order valence-corrected chi connectivity index (χ4v) is 2.92. The molecule has 0 spiro atoms. The summed E-state index contributed by atoms with van der Waals surface area (Å²) in [5.41, 5.74) is 2.07. The van der Waals surface area contributed by atoms with E-state index in [0.29, 0.717) is 5.16 Å². The number of benzene rings is 1. The molecule has 0 aliphatic carbocycles. The number of thioether (sulfide) groups is 1. The molecule has 1 aromatic heterocycles. The predicted molar refractivity (Wildman–Crippen MR) is 77.2 cm³/mol. The Morgan fingerprint density at radius 2 is 2.16 bits per heavy atom. The zero-order valence-corrected chi connectivity index (χ0v) is 12.8. The minimum Gasteiger partial charge on any atom is -0.481 e. The molecule has 0 unspecified atom stereocenters. The Labute approximate surface area is 123 Å². The highest BCUT2D eigenvalue weighted by molar-refractivity contribution is 9.10. The van der Waals surface area contributed by atoms with Gasteiger partial charge in [-0.25, -0.2) is 0 Å². The number of hydrogen-bond donors (Lipinski definition) is 1. The number of nitrogens with zero attached hydrogens (tertiary/aromatic N) is 3. The number of carbonyl (C=O) groups is 1. The van der Waals surface area contributed by atoms with E-state index in [-0.39, 0.29) is 5.75 Å². The molecule has 2 rings (SSSR count). The van der Waals surface area contributed by atoms with Gasteiger partial charge < -0.3 is 9.67 Å². The number of aliphatic carboxylic acids is 1. The van der Waals surface area contributed by atoms with Gasteiger partial charge in [0.2, 0.25) is 0 Å². The van der Waals surface area contributed by atoms with Crippen LogP contribution in [0.15, 0.2) is 27.8 Å². The van der Waals surface area contributed by atoms with Crippen LogP contribution < -0.4 is 0 Å². The summed E-state index contributed by atoms with van der Waals surface area (Å²) in [6.07, 6.45) is 0. The molecule has 0 saturated carbocycles. The Hall–Kier alpha value is -1.34. The monoisotopic (exact) mass is 341 g/mol. The van der Waals surface area contributed by atoms with Gasteiger partial charge in [-0.2, -0.15) is 0 Å². The van der Waals surface area contributed by atoms with Crippen molar-refractivity contribution in [1.82, 2.24) is 14.8 Å². The smallest absolute Gasteiger partial charge is 0.313 e. The van der Waals surface area contributed by atoms with Crippen LogP contribution >= 0.6 is 27.7 Å². The minimum atomic E-state index is -0.868. The highest BCUT2D eigenvalue weighted by Crippen LogP contribution is 2.26. The zero-order valence-electron chi connectivity index (χ0n) is 10.4. The second kappa shape index (κ2) is 5.75. The summed E-state index contributed by atoms with van der Waals surface area (Å²) in [6, 6.07) is 5.99. The third kappa shape index (κ3) is 3.36. The van der Waals surface area contributed by atoms with Crippen LogP contribution in [-0.4, -0.2) is 31.6 Å². The first-order valence-electron chi connectivity index (χ1n) is 5.49. The molecule has 0 saturated heterocycles. The first-order chi connectivity index (χ1) is 8.97. The molecule has 1 N–H and O–H groups in total. The molecule has 19 heavy (non-hydrogen) atoms. The number of rotatable bonds is 4. The van der Waals surface area contributed by atoms with Crippen LogP contribution in [0, 0.1) is 6.92 Å². The highest BCUT2D eigenvalue weighted by Gasteiger charge is 2.13. The molecule has 0 bridgehead atoms. The lowest BCUT2D eigenvalue weighted by Crippen LogP contribution is -2.01. The SMILES string of the molecule is Cc1cc(Br)cc(-c2nnc(SCC(=O)O)n2C)c1. The first kappa shape index (κ1) is 14.1. The van der Waals surface area contributed by atoms with Crippen molar-refractivity contribution < 1.29 is 9.90 Å². The van der Waals surface area contributed by atoms with Gasteiger partial charge in [0.1, 0.15) is 0 Å². The van der Waals surface area contributed by atoms with Gasteiger partial charge >= 0.3 is 5.97 Å². The van der Waals surface area contributed by atoms with Crippen molar-refractivity contribution in [3.05, 3.63) is 28.2 Å². The molecule has 0 fully saturated rings. The Morgan fingerprint density at radius 3 is 2.79 bits per heavy atom. The number of halogens is 1. The van der Waals surface area contributed by atoms with Crippen LogP contribution in [0.2, 0.25) is 0 Å². The molecule has 0 amide bonds. The maximum absolute atomic E-state index is 10.6. The summed E-state index contributed by atoms with van der Waals surface area (Å²) in [7, 11) is 1.83. The van der Waals surface area contributed by atoms with E-state index in [9.17, 15) is 4.79 Å². The van der Waals surface area contributed by atoms with Crippen molar-refractivity contribution in [3.8, 4) is 11.4 Å². The number of aromatic nitrogens is 3. The Kier molecular flexibility index (Phi) is 4.26. The molecule has 1 aromatic carbocycles. The van der Waals surface area contributed by atoms with Crippen LogP contribution in [0.5, 0.6) is 0 Å². The van der Waals surface area contributed by atoms with E-state index in [1.54, 1.807) is 4.57 Å². The molecule has 7 heteroatoms. The van der Waals surface area contributed by atoms with Gasteiger partial charge in [-0.15, -0.1) is 10.2 Å². The van der Waals surface area contributed by atoms with Gasteiger partial charge in [-0.1, -0.05) is 27.7 Å². The van der Waals surface area contributed by atoms with Crippen LogP contribution in [0.25, 0.3) is 11.4 Å². The summed E-state index contributed by atoms with van der Waals surface area (Å²) < 4.78 is 2.78. The zero-order chi connectivity index (χ0) is 14.0. The molecule has 0 atom stereocenters. The van der Waals surface area contributed by atoms with E-state index in [2.05, 4.69) is 26.1 Å². The maximum atomic E-state index is 10.6. The second-order valence-corrected chi connectivity index (χ2v) is 5.92. The third-order valence-electron chi connectivity index (χ3n) is 2.46. The lowest BCUT2D eigenvalue weighted by Gasteiger charge is -2.05. The maximum Gasteiger partial charge on any atom is 0.313 e. The van der Waals surface area contributed by atoms with Crippen LogP contribution in [-0.2, 0) is 11.8 Å². The molecular weight excluding hydrogens is 330 g/mol. The van der Waals surface area contributed by atoms with E-state index < -0.39 is 5.97 Å². The van der Waals surface area contributed by atoms with Gasteiger partial charge in [0, 0.05) is 17.1 Å². The predicted octanol–water partition coefficient (Wildman–Crippen LogP) is 2.73. The molecule has 1 heterocycles. The van der Waals surface area contributed by atoms with Crippen molar-refractivity contribution in [2.45, 2.75) is 12.1 Å². The van der Waals surface area contributed by atoms with Crippen molar-refractivity contribution >= 4 is 33.7 Å². The van der Waals surface area contributed by atoms with Crippen LogP contribution in [0.4, 0.5) is 0 Å². The summed E-state index contributed by atoms with van der Waals surface area (Å²) in [6.45, 7) is 2.00. The number of aryl methyl sites for hydroxylation is 1. The summed E-state index contributed by atoms with van der Waals surface area (Å²) >= 11 is 4.61. The van der Waals surface area contributed by atoms with Crippen molar-refractivity contribution in [1.29, 1.82) is 0 Å². The van der Waals surface area contributed by atoms with Crippen molar-refractivity contribution in [2.75, 3.05) is 5.75 Å². The molecular formula is C12H12BrN3O2S. The van der Waals surface area contributed by atoms with E-state index in [4.69, 9.17) is 5.11 Å². The third-order valence-corrected chi connectivity index (χ3v) is 3.92. The van der Waals surface area contributed by atoms with Gasteiger partial charge in [-0.05, 0) is 30.7 Å². The van der Waals surface area contributed by atoms with Crippen molar-refractivity contribution in [3.63, 3.8) is 0 Å². The summed E-state index contributed by atoms with van der Waals surface area (Å²) in [4.78, 5) is 10.6. The minimum absolute atomic E-state index is 0.0243. The van der Waals surface area contributed by atoms with Crippen LogP contribution in [0.1, 0.15) is 5.56 Å². The fraction of sp³-hybridized carbons (Fsp3) is 0.250. The Morgan fingerprint density at radius 1 is 1.42 bits per heavy atom. The molecule has 0 radical (unpaired) electrons. The molecule has 0 aliphatic heterocycles. The van der Waals surface area contributed by atoms with E-state index >= 15 is 0 Å². The van der Waals surface area contributed by atoms with Gasteiger partial charge in [0.25, 0.3) is 0 Å².